The summed E-state index contributed by atoms with van der Waals surface area (Å²) in [6.07, 6.45) is 1.90. The molecule has 2 rings (SSSR count). The van der Waals surface area contributed by atoms with Crippen LogP contribution in [0.1, 0.15) is 11.1 Å². The molecule has 4 nitrogen and oxygen atoms in total. The van der Waals surface area contributed by atoms with E-state index in [0.717, 1.165) is 21.9 Å². The van der Waals surface area contributed by atoms with Crippen molar-refractivity contribution in [2.24, 2.45) is 5.84 Å². The van der Waals surface area contributed by atoms with Gasteiger partial charge in [-0.05, 0) is 23.3 Å². The van der Waals surface area contributed by atoms with Crippen LogP contribution < -0.4 is 11.3 Å². The van der Waals surface area contributed by atoms with Gasteiger partial charge >= 0.3 is 0 Å². The molecule has 0 saturated heterocycles. The second-order valence-electron chi connectivity index (χ2n) is 4.12. The van der Waals surface area contributed by atoms with Crippen LogP contribution in [0.25, 0.3) is 0 Å². The van der Waals surface area contributed by atoms with Gasteiger partial charge in [-0.25, -0.2) is 10.8 Å². The van der Waals surface area contributed by atoms with E-state index >= 15 is 0 Å². The van der Waals surface area contributed by atoms with Crippen LogP contribution in [0.5, 0.6) is 0 Å². The van der Waals surface area contributed by atoms with Crippen LogP contribution in [-0.4, -0.2) is 10.9 Å². The van der Waals surface area contributed by atoms with Crippen molar-refractivity contribution >= 4 is 29.3 Å². The van der Waals surface area contributed by atoms with Gasteiger partial charge < -0.3 is 0 Å². The maximum Gasteiger partial charge on any atom is 0.238 e. The zero-order valence-corrected chi connectivity index (χ0v) is 12.2. The molecule has 2 aromatic rings. The first-order chi connectivity index (χ1) is 9.69. The number of thioether (sulfide) groups is 1. The summed E-state index contributed by atoms with van der Waals surface area (Å²) in [5, 5.41) is 1.52. The van der Waals surface area contributed by atoms with Crippen molar-refractivity contribution in [1.29, 1.82) is 0 Å². The number of nitrogens with two attached hydrogens (primary N) is 1. The second kappa shape index (κ2) is 7.28. The van der Waals surface area contributed by atoms with E-state index in [0.29, 0.717) is 5.02 Å². The average Bonchev–Trinajstić information content (AvgIpc) is 2.48. The lowest BCUT2D eigenvalue weighted by Crippen LogP contribution is -2.31. The smallest absolute Gasteiger partial charge is 0.238 e. The number of amides is 1. The number of hydrogen-bond acceptors (Lipinski definition) is 4. The summed E-state index contributed by atoms with van der Waals surface area (Å²) in [5.41, 5.74) is 4.21. The molecular weight excluding hydrogens is 294 g/mol. The Labute approximate surface area is 126 Å². The van der Waals surface area contributed by atoms with E-state index in [1.807, 2.05) is 36.4 Å². The fourth-order valence-corrected chi connectivity index (χ4v) is 2.68. The van der Waals surface area contributed by atoms with Crippen molar-refractivity contribution in [2.45, 2.75) is 17.2 Å². The first-order valence-electron chi connectivity index (χ1n) is 5.99. The van der Waals surface area contributed by atoms with E-state index in [9.17, 15) is 4.79 Å². The maximum atomic E-state index is 11.4. The molecule has 0 saturated carbocycles. The van der Waals surface area contributed by atoms with Gasteiger partial charge in [0.25, 0.3) is 0 Å². The standard InChI is InChI=1S/C14H14ClN3OS/c15-12-5-6-14(17-8-12)20-9-11-4-2-1-3-10(11)7-13(19)18-16/h1-6,8H,7,9,16H2,(H,18,19). The molecule has 0 aliphatic rings. The largest absolute Gasteiger partial charge is 0.294 e. The van der Waals surface area contributed by atoms with Gasteiger partial charge in [0.2, 0.25) is 5.91 Å². The van der Waals surface area contributed by atoms with Crippen molar-refractivity contribution in [2.75, 3.05) is 0 Å². The van der Waals surface area contributed by atoms with Crippen LogP contribution in [0.15, 0.2) is 47.6 Å². The Hall–Kier alpha value is -1.56. The number of nitrogens with zero attached hydrogens (tertiary/aromatic N) is 1. The molecule has 0 aliphatic carbocycles. The Morgan fingerprint density at radius 2 is 2.00 bits per heavy atom. The normalized spacial score (nSPS) is 10.3. The Bertz CT molecular complexity index is 589. The molecule has 0 radical (unpaired) electrons. The summed E-state index contributed by atoms with van der Waals surface area (Å²) in [5.74, 6) is 5.66. The summed E-state index contributed by atoms with van der Waals surface area (Å²) in [4.78, 5) is 15.6. The summed E-state index contributed by atoms with van der Waals surface area (Å²) in [6, 6.07) is 11.5. The number of hydrogen-bond donors (Lipinski definition) is 2. The third-order valence-corrected chi connectivity index (χ3v) is 3.92. The number of hydrazine groups is 1. The van der Waals surface area contributed by atoms with E-state index in [1.165, 1.54) is 0 Å². The van der Waals surface area contributed by atoms with Crippen LogP contribution in [0.3, 0.4) is 0 Å². The molecule has 0 aliphatic heterocycles. The van der Waals surface area contributed by atoms with Gasteiger partial charge in [-0.3, -0.25) is 10.2 Å². The monoisotopic (exact) mass is 307 g/mol. The summed E-state index contributed by atoms with van der Waals surface area (Å²) < 4.78 is 0. The topological polar surface area (TPSA) is 68.0 Å². The lowest BCUT2D eigenvalue weighted by Gasteiger charge is -2.08. The molecule has 0 fully saturated rings. The molecule has 3 N–H and O–H groups in total. The first kappa shape index (κ1) is 14.8. The molecule has 1 aromatic heterocycles. The number of nitrogens with one attached hydrogen (secondary N) is 1. The lowest BCUT2D eigenvalue weighted by molar-refractivity contribution is -0.120. The Morgan fingerprint density at radius 1 is 1.25 bits per heavy atom. The Balaban J connectivity index is 2.05. The second-order valence-corrected chi connectivity index (χ2v) is 5.55. The highest BCUT2D eigenvalue weighted by Crippen LogP contribution is 2.23. The molecule has 1 heterocycles. The average molecular weight is 308 g/mol. The number of aromatic nitrogens is 1. The molecule has 0 atom stereocenters. The van der Waals surface area contributed by atoms with Gasteiger partial charge in [-0.1, -0.05) is 35.9 Å². The molecule has 0 spiro atoms. The first-order valence-corrected chi connectivity index (χ1v) is 7.36. The van der Waals surface area contributed by atoms with Gasteiger partial charge in [0.1, 0.15) is 0 Å². The van der Waals surface area contributed by atoms with Gasteiger partial charge in [0.15, 0.2) is 0 Å². The maximum absolute atomic E-state index is 11.4. The molecular formula is C14H14ClN3OS. The molecule has 104 valence electrons. The molecule has 0 unspecified atom stereocenters. The SMILES string of the molecule is NNC(=O)Cc1ccccc1CSc1ccc(Cl)cn1. The summed E-state index contributed by atoms with van der Waals surface area (Å²) in [6.45, 7) is 0. The quantitative estimate of drug-likeness (QED) is 0.385. The van der Waals surface area contributed by atoms with Gasteiger partial charge in [-0.15, -0.1) is 11.8 Å². The van der Waals surface area contributed by atoms with Crippen molar-refractivity contribution in [1.82, 2.24) is 10.4 Å². The molecule has 1 aromatic carbocycles. The number of pyridine rings is 1. The zero-order valence-electron chi connectivity index (χ0n) is 10.7. The van der Waals surface area contributed by atoms with Crippen LogP contribution >= 0.6 is 23.4 Å². The van der Waals surface area contributed by atoms with E-state index < -0.39 is 0 Å². The van der Waals surface area contributed by atoms with Crippen molar-refractivity contribution in [3.8, 4) is 0 Å². The predicted molar refractivity (Wildman–Crippen MR) is 81.3 cm³/mol. The molecule has 6 heteroatoms. The van der Waals surface area contributed by atoms with Gasteiger partial charge in [0, 0.05) is 11.9 Å². The zero-order chi connectivity index (χ0) is 14.4. The minimum Gasteiger partial charge on any atom is -0.294 e. The molecule has 1 amide bonds. The Morgan fingerprint density at radius 3 is 2.65 bits per heavy atom. The van der Waals surface area contributed by atoms with E-state index in [4.69, 9.17) is 17.4 Å². The highest BCUT2D eigenvalue weighted by atomic mass is 35.5. The summed E-state index contributed by atoms with van der Waals surface area (Å²) in [7, 11) is 0. The van der Waals surface area contributed by atoms with Crippen LogP contribution in [0.2, 0.25) is 5.02 Å². The molecule has 0 bridgehead atoms. The van der Waals surface area contributed by atoms with Crippen LogP contribution in [0, 0.1) is 0 Å². The van der Waals surface area contributed by atoms with Crippen molar-refractivity contribution < 1.29 is 4.79 Å². The number of carbonyl (C=O) groups excluding carboxylic acids is 1. The van der Waals surface area contributed by atoms with Gasteiger partial charge in [-0.2, -0.15) is 0 Å². The van der Waals surface area contributed by atoms with Gasteiger partial charge in [0.05, 0.1) is 16.5 Å². The Kier molecular flexibility index (Phi) is 5.40. The highest BCUT2D eigenvalue weighted by molar-refractivity contribution is 7.98. The van der Waals surface area contributed by atoms with Crippen molar-refractivity contribution in [3.05, 3.63) is 58.7 Å². The third kappa shape index (κ3) is 4.23. The van der Waals surface area contributed by atoms with Crippen LogP contribution in [0.4, 0.5) is 0 Å². The number of rotatable bonds is 5. The number of benzene rings is 1. The minimum atomic E-state index is -0.202. The predicted octanol–water partition coefficient (Wildman–Crippen LogP) is 2.56. The molecule has 20 heavy (non-hydrogen) atoms. The van der Waals surface area contributed by atoms with Crippen LogP contribution in [-0.2, 0) is 17.0 Å². The third-order valence-electron chi connectivity index (χ3n) is 2.71. The highest BCUT2D eigenvalue weighted by Gasteiger charge is 2.07. The number of halogens is 1. The fraction of sp³-hybridized carbons (Fsp3) is 0.143. The summed E-state index contributed by atoms with van der Waals surface area (Å²) >= 11 is 7.40. The van der Waals surface area contributed by atoms with E-state index in [2.05, 4.69) is 10.4 Å². The fourth-order valence-electron chi connectivity index (χ4n) is 1.69. The minimum absolute atomic E-state index is 0.202. The number of carbonyl (C=O) groups is 1. The van der Waals surface area contributed by atoms with E-state index in [-0.39, 0.29) is 12.3 Å². The van der Waals surface area contributed by atoms with Crippen molar-refractivity contribution in [3.63, 3.8) is 0 Å². The lowest BCUT2D eigenvalue weighted by atomic mass is 10.1. The van der Waals surface area contributed by atoms with E-state index in [1.54, 1.807) is 18.0 Å².